The van der Waals surface area contributed by atoms with Crippen molar-refractivity contribution in [3.05, 3.63) is 71.3 Å². The highest BCUT2D eigenvalue weighted by molar-refractivity contribution is 7.89. The van der Waals surface area contributed by atoms with Crippen LogP contribution in [-0.4, -0.2) is 43.1 Å². The zero-order valence-electron chi connectivity index (χ0n) is 16.7. The van der Waals surface area contributed by atoms with E-state index in [-0.39, 0.29) is 11.3 Å². The lowest BCUT2D eigenvalue weighted by Gasteiger charge is -2.21. The molecule has 1 heterocycles. The number of hydrazine groups is 1. The number of carbonyl (C=O) groups is 3. The Morgan fingerprint density at radius 1 is 1.03 bits per heavy atom. The molecular formula is C21H23N3O5S. The highest BCUT2D eigenvalue weighted by atomic mass is 32.2. The van der Waals surface area contributed by atoms with Crippen molar-refractivity contribution in [1.82, 2.24) is 15.8 Å². The van der Waals surface area contributed by atoms with Crippen LogP contribution in [0.25, 0.3) is 0 Å². The van der Waals surface area contributed by atoms with Crippen molar-refractivity contribution in [2.45, 2.75) is 31.1 Å². The van der Waals surface area contributed by atoms with Gasteiger partial charge >= 0.3 is 6.03 Å². The van der Waals surface area contributed by atoms with Crippen LogP contribution in [0, 0.1) is 0 Å². The van der Waals surface area contributed by atoms with Gasteiger partial charge in [-0.15, -0.1) is 0 Å². The summed E-state index contributed by atoms with van der Waals surface area (Å²) in [5.41, 5.74) is 2.98. The summed E-state index contributed by atoms with van der Waals surface area (Å²) in [5.74, 6) is -1.32. The Morgan fingerprint density at radius 3 is 2.27 bits per heavy atom. The summed E-state index contributed by atoms with van der Waals surface area (Å²) >= 11 is 0. The molecule has 1 aliphatic rings. The van der Waals surface area contributed by atoms with E-state index in [2.05, 4.69) is 10.7 Å². The summed E-state index contributed by atoms with van der Waals surface area (Å²) in [6.45, 7) is 1.63. The second kappa shape index (κ2) is 8.27. The predicted molar refractivity (Wildman–Crippen MR) is 111 cm³/mol. The molecule has 2 aromatic rings. The van der Waals surface area contributed by atoms with Gasteiger partial charge in [-0.25, -0.2) is 13.2 Å². The van der Waals surface area contributed by atoms with Gasteiger partial charge in [0.15, 0.2) is 9.84 Å². The van der Waals surface area contributed by atoms with Crippen molar-refractivity contribution in [1.29, 1.82) is 0 Å². The molecule has 1 unspecified atom stereocenters. The number of hydrogen-bond donors (Lipinski definition) is 2. The van der Waals surface area contributed by atoms with Crippen LogP contribution in [0.4, 0.5) is 4.79 Å². The van der Waals surface area contributed by atoms with E-state index in [1.165, 1.54) is 24.3 Å². The molecule has 0 radical (unpaired) electrons. The van der Waals surface area contributed by atoms with Crippen LogP contribution < -0.4 is 10.7 Å². The number of carbonyl (C=O) groups excluding carboxylic acids is 3. The van der Waals surface area contributed by atoms with Gasteiger partial charge in [-0.2, -0.15) is 5.01 Å². The maximum Gasteiger partial charge on any atom is 0.344 e. The smallest absolute Gasteiger partial charge is 0.322 e. The summed E-state index contributed by atoms with van der Waals surface area (Å²) < 4.78 is 22.7. The fourth-order valence-corrected chi connectivity index (χ4v) is 4.01. The maximum absolute atomic E-state index is 12.8. The van der Waals surface area contributed by atoms with Gasteiger partial charge in [-0.05, 0) is 43.0 Å². The third-order valence-corrected chi connectivity index (χ3v) is 5.73. The summed E-state index contributed by atoms with van der Waals surface area (Å²) in [7, 11) is -3.19. The van der Waals surface area contributed by atoms with Crippen LogP contribution in [0.5, 0.6) is 0 Å². The van der Waals surface area contributed by atoms with E-state index < -0.39 is 33.2 Å². The minimum Gasteiger partial charge on any atom is -0.322 e. The number of nitrogens with one attached hydrogen (secondary N) is 2. The number of rotatable bonds is 7. The number of amides is 4. The molecule has 4 amide bonds. The van der Waals surface area contributed by atoms with Crippen molar-refractivity contribution in [2.75, 3.05) is 6.26 Å². The molecule has 0 aromatic heterocycles. The van der Waals surface area contributed by atoms with Gasteiger partial charge in [0.25, 0.3) is 11.8 Å². The molecule has 0 saturated carbocycles. The second-order valence-corrected chi connectivity index (χ2v) is 9.74. The van der Waals surface area contributed by atoms with Gasteiger partial charge in [0.1, 0.15) is 5.54 Å². The van der Waals surface area contributed by atoms with Gasteiger partial charge in [0.2, 0.25) is 0 Å². The average Bonchev–Trinajstić information content (AvgIpc) is 2.90. The standard InChI is InChI=1S/C21H23N3O5S/c1-21(13-12-15-6-4-3-5-7-15)19(26)24(20(27)22-21)23-18(25)17-10-8-16(9-11-17)14-30(2,28)29/h3-11H,12-14H2,1-2H3,(H,22,27)(H,23,25). The number of sulfone groups is 1. The number of urea groups is 1. The van der Waals surface area contributed by atoms with Gasteiger partial charge < -0.3 is 5.32 Å². The van der Waals surface area contributed by atoms with Crippen molar-refractivity contribution >= 4 is 27.7 Å². The number of benzene rings is 2. The zero-order chi connectivity index (χ0) is 21.9. The Bertz CT molecular complexity index is 1070. The molecule has 158 valence electrons. The SMILES string of the molecule is CC1(CCc2ccccc2)NC(=O)N(NC(=O)c2ccc(CS(C)(=O)=O)cc2)C1=O. The van der Waals surface area contributed by atoms with Crippen LogP contribution in [0.1, 0.15) is 34.8 Å². The number of aryl methyl sites for hydroxylation is 1. The van der Waals surface area contributed by atoms with E-state index in [0.717, 1.165) is 11.8 Å². The molecule has 0 aliphatic carbocycles. The summed E-state index contributed by atoms with van der Waals surface area (Å²) in [6, 6.07) is 14.8. The third-order valence-electron chi connectivity index (χ3n) is 4.88. The van der Waals surface area contributed by atoms with E-state index >= 15 is 0 Å². The van der Waals surface area contributed by atoms with E-state index in [1.54, 1.807) is 6.92 Å². The Balaban J connectivity index is 1.65. The van der Waals surface area contributed by atoms with E-state index in [1.807, 2.05) is 30.3 Å². The molecule has 0 spiro atoms. The Labute approximate surface area is 175 Å². The summed E-state index contributed by atoms with van der Waals surface area (Å²) in [5, 5.41) is 3.34. The molecule has 2 aromatic carbocycles. The first-order chi connectivity index (χ1) is 14.1. The summed E-state index contributed by atoms with van der Waals surface area (Å²) in [4.78, 5) is 37.6. The highest BCUT2D eigenvalue weighted by Crippen LogP contribution is 2.22. The number of hydrogen-bond acceptors (Lipinski definition) is 5. The first-order valence-corrected chi connectivity index (χ1v) is 11.4. The molecule has 1 saturated heterocycles. The van der Waals surface area contributed by atoms with Crippen molar-refractivity contribution < 1.29 is 22.8 Å². The third kappa shape index (κ3) is 5.04. The average molecular weight is 429 g/mol. The predicted octanol–water partition coefficient (Wildman–Crippen LogP) is 1.82. The van der Waals surface area contributed by atoms with E-state index in [0.29, 0.717) is 23.4 Å². The Kier molecular flexibility index (Phi) is 5.93. The van der Waals surface area contributed by atoms with Gasteiger partial charge in [0, 0.05) is 11.8 Å². The maximum atomic E-state index is 12.8. The lowest BCUT2D eigenvalue weighted by Crippen LogP contribution is -2.48. The van der Waals surface area contributed by atoms with E-state index in [4.69, 9.17) is 0 Å². The van der Waals surface area contributed by atoms with Crippen molar-refractivity contribution in [3.8, 4) is 0 Å². The van der Waals surface area contributed by atoms with Crippen molar-refractivity contribution in [3.63, 3.8) is 0 Å². The minimum atomic E-state index is -3.19. The van der Waals surface area contributed by atoms with Crippen LogP contribution in [-0.2, 0) is 26.8 Å². The first kappa shape index (κ1) is 21.5. The first-order valence-electron chi connectivity index (χ1n) is 9.36. The monoisotopic (exact) mass is 429 g/mol. The Morgan fingerprint density at radius 2 is 1.67 bits per heavy atom. The molecule has 1 aliphatic heterocycles. The van der Waals surface area contributed by atoms with Crippen LogP contribution in [0.3, 0.4) is 0 Å². The molecule has 1 atom stereocenters. The lowest BCUT2D eigenvalue weighted by atomic mass is 9.93. The molecule has 1 fully saturated rings. The highest BCUT2D eigenvalue weighted by Gasteiger charge is 2.48. The van der Waals surface area contributed by atoms with Gasteiger partial charge in [0.05, 0.1) is 5.75 Å². The molecule has 3 rings (SSSR count). The molecule has 30 heavy (non-hydrogen) atoms. The molecular weight excluding hydrogens is 406 g/mol. The van der Waals surface area contributed by atoms with Gasteiger partial charge in [-0.3, -0.25) is 15.0 Å². The second-order valence-electron chi connectivity index (χ2n) is 7.60. The topological polar surface area (TPSA) is 113 Å². The molecule has 9 heteroatoms. The fourth-order valence-electron chi connectivity index (χ4n) is 3.22. The van der Waals surface area contributed by atoms with Crippen LogP contribution >= 0.6 is 0 Å². The fraction of sp³-hybridized carbons (Fsp3) is 0.286. The van der Waals surface area contributed by atoms with E-state index in [9.17, 15) is 22.8 Å². The van der Waals surface area contributed by atoms with Crippen LogP contribution in [0.15, 0.2) is 54.6 Å². The number of nitrogens with zero attached hydrogens (tertiary/aromatic N) is 1. The quantitative estimate of drug-likeness (QED) is 0.652. The van der Waals surface area contributed by atoms with Gasteiger partial charge in [-0.1, -0.05) is 42.5 Å². The normalized spacial score (nSPS) is 18.9. The Hall–Kier alpha value is -3.20. The largest absolute Gasteiger partial charge is 0.344 e. The molecule has 0 bridgehead atoms. The molecule has 2 N–H and O–H groups in total. The zero-order valence-corrected chi connectivity index (χ0v) is 17.5. The lowest BCUT2D eigenvalue weighted by molar-refractivity contribution is -0.132. The van der Waals surface area contributed by atoms with Crippen LogP contribution in [0.2, 0.25) is 0 Å². The number of imide groups is 1. The van der Waals surface area contributed by atoms with Crippen molar-refractivity contribution in [2.24, 2.45) is 0 Å². The summed E-state index contributed by atoms with van der Waals surface area (Å²) in [6.07, 6.45) is 2.10. The molecule has 8 nitrogen and oxygen atoms in total. The minimum absolute atomic E-state index is 0.137.